The molecule has 6 heteroatoms. The molecule has 0 heterocycles. The van der Waals surface area contributed by atoms with Crippen LogP contribution in [-0.2, 0) is 27.2 Å². The van der Waals surface area contributed by atoms with Crippen molar-refractivity contribution in [2.45, 2.75) is 13.0 Å². The van der Waals surface area contributed by atoms with Gasteiger partial charge in [0.2, 0.25) is 0 Å². The molecule has 0 aliphatic carbocycles. The van der Waals surface area contributed by atoms with E-state index in [4.69, 9.17) is 24.2 Å². The average molecular weight is 309 g/mol. The molecule has 0 amide bonds. The molecule has 0 bridgehead atoms. The summed E-state index contributed by atoms with van der Waals surface area (Å²) in [6, 6.07) is 7.45. The smallest absolute Gasteiger partial charge is 0.124 e. The van der Waals surface area contributed by atoms with Crippen molar-refractivity contribution in [2.24, 2.45) is 0 Å². The maximum absolute atomic E-state index is 9.33. The molecular formula is C16H23NO5. The van der Waals surface area contributed by atoms with Crippen LogP contribution in [-0.4, -0.2) is 51.9 Å². The standard InChI is InChI=1S/C16H23NO5/c1-19-6-7-20-8-9-21-10-11-22-16-3-2-14(4-5-17)12-15(16)13-18/h2-3,12,18H,4,6-11,13H2,1H3. The minimum Gasteiger partial charge on any atom is -0.491 e. The van der Waals surface area contributed by atoms with Gasteiger partial charge >= 0.3 is 0 Å². The normalized spacial score (nSPS) is 10.4. The van der Waals surface area contributed by atoms with Gasteiger partial charge in [-0.25, -0.2) is 0 Å². The fraction of sp³-hybridized carbons (Fsp3) is 0.562. The quantitative estimate of drug-likeness (QED) is 0.586. The van der Waals surface area contributed by atoms with Gasteiger partial charge in [0.1, 0.15) is 12.4 Å². The molecule has 0 unspecified atom stereocenters. The molecule has 0 aliphatic heterocycles. The Balaban J connectivity index is 2.20. The lowest BCUT2D eigenvalue weighted by atomic mass is 10.1. The van der Waals surface area contributed by atoms with E-state index in [1.54, 1.807) is 19.2 Å². The molecule has 122 valence electrons. The second-order valence-electron chi connectivity index (χ2n) is 4.50. The van der Waals surface area contributed by atoms with Crippen molar-refractivity contribution in [3.8, 4) is 11.8 Å². The maximum Gasteiger partial charge on any atom is 0.124 e. The first-order valence-electron chi connectivity index (χ1n) is 7.18. The molecule has 0 spiro atoms. The van der Waals surface area contributed by atoms with Crippen LogP contribution in [0.4, 0.5) is 0 Å². The average Bonchev–Trinajstić information content (AvgIpc) is 2.54. The molecule has 22 heavy (non-hydrogen) atoms. The summed E-state index contributed by atoms with van der Waals surface area (Å²) in [4.78, 5) is 0. The highest BCUT2D eigenvalue weighted by molar-refractivity contribution is 5.37. The zero-order valence-corrected chi connectivity index (χ0v) is 12.9. The molecule has 0 saturated heterocycles. The van der Waals surface area contributed by atoms with Crippen molar-refractivity contribution < 1.29 is 24.1 Å². The van der Waals surface area contributed by atoms with Crippen molar-refractivity contribution >= 4 is 0 Å². The zero-order valence-electron chi connectivity index (χ0n) is 12.9. The Kier molecular flexibility index (Phi) is 9.99. The fourth-order valence-electron chi connectivity index (χ4n) is 1.77. The monoisotopic (exact) mass is 309 g/mol. The van der Waals surface area contributed by atoms with Gasteiger partial charge in [0.25, 0.3) is 0 Å². The predicted molar refractivity (Wildman–Crippen MR) is 80.7 cm³/mol. The minimum absolute atomic E-state index is 0.122. The summed E-state index contributed by atoms with van der Waals surface area (Å²) in [5.41, 5.74) is 1.54. The number of hydrogen-bond acceptors (Lipinski definition) is 6. The first-order chi connectivity index (χ1) is 10.8. The van der Waals surface area contributed by atoms with E-state index in [2.05, 4.69) is 6.07 Å². The number of nitriles is 1. The third-order valence-electron chi connectivity index (χ3n) is 2.87. The zero-order chi connectivity index (χ0) is 16.0. The number of benzene rings is 1. The van der Waals surface area contributed by atoms with Gasteiger partial charge in [0.15, 0.2) is 0 Å². The second-order valence-corrected chi connectivity index (χ2v) is 4.50. The second kappa shape index (κ2) is 12.0. The van der Waals surface area contributed by atoms with Crippen LogP contribution in [0.25, 0.3) is 0 Å². The number of ether oxygens (including phenoxy) is 4. The Bertz CT molecular complexity index is 458. The van der Waals surface area contributed by atoms with Crippen LogP contribution in [0, 0.1) is 11.3 Å². The number of methoxy groups -OCH3 is 1. The van der Waals surface area contributed by atoms with Crippen molar-refractivity contribution in [2.75, 3.05) is 46.8 Å². The van der Waals surface area contributed by atoms with E-state index in [0.717, 1.165) is 5.56 Å². The van der Waals surface area contributed by atoms with Crippen LogP contribution in [0.1, 0.15) is 11.1 Å². The Morgan fingerprint density at radius 2 is 1.73 bits per heavy atom. The molecule has 1 aromatic rings. The predicted octanol–water partition coefficient (Wildman–Crippen LogP) is 1.30. The fourth-order valence-corrected chi connectivity index (χ4v) is 1.77. The van der Waals surface area contributed by atoms with E-state index in [1.807, 2.05) is 6.07 Å². The number of nitrogens with zero attached hydrogens (tertiary/aromatic N) is 1. The molecule has 6 nitrogen and oxygen atoms in total. The highest BCUT2D eigenvalue weighted by Gasteiger charge is 2.04. The lowest BCUT2D eigenvalue weighted by Gasteiger charge is -2.11. The van der Waals surface area contributed by atoms with Crippen molar-refractivity contribution in [3.63, 3.8) is 0 Å². The van der Waals surface area contributed by atoms with Crippen LogP contribution in [0.2, 0.25) is 0 Å². The molecule has 1 rings (SSSR count). The van der Waals surface area contributed by atoms with E-state index < -0.39 is 0 Å². The summed E-state index contributed by atoms with van der Waals surface area (Å²) in [6.07, 6.45) is 0.319. The summed E-state index contributed by atoms with van der Waals surface area (Å²) >= 11 is 0. The SMILES string of the molecule is COCCOCCOCCOc1ccc(CC#N)cc1CO. The molecule has 0 aliphatic rings. The van der Waals surface area contributed by atoms with Gasteiger partial charge in [-0.3, -0.25) is 0 Å². The largest absolute Gasteiger partial charge is 0.491 e. The summed E-state index contributed by atoms with van der Waals surface area (Å²) in [5.74, 6) is 0.615. The molecule has 1 N–H and O–H groups in total. The van der Waals surface area contributed by atoms with Gasteiger partial charge in [0, 0.05) is 12.7 Å². The van der Waals surface area contributed by atoms with E-state index in [9.17, 15) is 5.11 Å². The van der Waals surface area contributed by atoms with Gasteiger partial charge in [-0.1, -0.05) is 6.07 Å². The van der Waals surface area contributed by atoms with E-state index in [1.165, 1.54) is 0 Å². The molecule has 0 aromatic heterocycles. The van der Waals surface area contributed by atoms with Crippen LogP contribution in [0.3, 0.4) is 0 Å². The lowest BCUT2D eigenvalue weighted by Crippen LogP contribution is -2.12. The molecule has 0 saturated carbocycles. The van der Waals surface area contributed by atoms with Gasteiger partial charge in [-0.05, 0) is 17.7 Å². The first-order valence-corrected chi connectivity index (χ1v) is 7.18. The van der Waals surface area contributed by atoms with Gasteiger partial charge < -0.3 is 24.1 Å². The Labute approximate surface area is 131 Å². The van der Waals surface area contributed by atoms with E-state index >= 15 is 0 Å². The lowest BCUT2D eigenvalue weighted by molar-refractivity contribution is 0.0178. The van der Waals surface area contributed by atoms with Crippen LogP contribution in [0.15, 0.2) is 18.2 Å². The Hall–Kier alpha value is -1.65. The van der Waals surface area contributed by atoms with Crippen molar-refractivity contribution in [3.05, 3.63) is 29.3 Å². The molecule has 0 atom stereocenters. The maximum atomic E-state index is 9.33. The third kappa shape index (κ3) is 7.38. The highest BCUT2D eigenvalue weighted by atomic mass is 16.6. The van der Waals surface area contributed by atoms with Crippen LogP contribution >= 0.6 is 0 Å². The molecule has 0 fully saturated rings. The first kappa shape index (κ1) is 18.4. The van der Waals surface area contributed by atoms with Gasteiger partial charge in [-0.15, -0.1) is 0 Å². The summed E-state index contributed by atoms with van der Waals surface area (Å²) < 4.78 is 21.1. The number of hydrogen-bond donors (Lipinski definition) is 1. The Morgan fingerprint density at radius 1 is 1.05 bits per heavy atom. The topological polar surface area (TPSA) is 80.9 Å². The number of aliphatic hydroxyl groups excluding tert-OH is 1. The summed E-state index contributed by atoms with van der Waals surface area (Å²) in [6.45, 7) is 2.87. The Morgan fingerprint density at radius 3 is 2.36 bits per heavy atom. The van der Waals surface area contributed by atoms with Gasteiger partial charge in [-0.2, -0.15) is 5.26 Å². The minimum atomic E-state index is -0.122. The molecule has 1 aromatic carbocycles. The van der Waals surface area contributed by atoms with Crippen molar-refractivity contribution in [1.82, 2.24) is 0 Å². The van der Waals surface area contributed by atoms with E-state index in [0.29, 0.717) is 57.4 Å². The number of rotatable bonds is 12. The van der Waals surface area contributed by atoms with Gasteiger partial charge in [0.05, 0.1) is 52.1 Å². The molecule has 0 radical (unpaired) electrons. The van der Waals surface area contributed by atoms with Crippen LogP contribution < -0.4 is 4.74 Å². The van der Waals surface area contributed by atoms with E-state index in [-0.39, 0.29) is 6.61 Å². The summed E-state index contributed by atoms with van der Waals surface area (Å²) in [5, 5.41) is 18.0. The number of aliphatic hydroxyl groups is 1. The van der Waals surface area contributed by atoms with Crippen LogP contribution in [0.5, 0.6) is 5.75 Å². The molecular weight excluding hydrogens is 286 g/mol. The van der Waals surface area contributed by atoms with Crippen molar-refractivity contribution in [1.29, 1.82) is 5.26 Å². The highest BCUT2D eigenvalue weighted by Crippen LogP contribution is 2.20. The summed E-state index contributed by atoms with van der Waals surface area (Å²) in [7, 11) is 1.63. The third-order valence-corrected chi connectivity index (χ3v) is 2.87.